The lowest BCUT2D eigenvalue weighted by Gasteiger charge is -2.27. The second-order valence-corrected chi connectivity index (χ2v) is 7.36. The molecule has 2 aromatic rings. The van der Waals surface area contributed by atoms with Crippen molar-refractivity contribution in [3.8, 4) is 34.5 Å². The summed E-state index contributed by atoms with van der Waals surface area (Å²) in [5.41, 5.74) is -3.36. The standard InChI is InChI=1S/C20H20O14/c21-9-1-7(2-10(22)14(9)25)17(28)32-5-13-16(27)20(31,19(30)34-13)6-33-18(29)8-3-11(23)15(26)12(24)4-8/h1-4,13,16,19,21-27,30-31H,5-6H2/t13-,16-,19?,20-/m1/s1. The van der Waals surface area contributed by atoms with Gasteiger partial charge in [-0.1, -0.05) is 0 Å². The maximum atomic E-state index is 12.1. The molecular formula is C20H20O14. The Balaban J connectivity index is 1.63. The smallest absolute Gasteiger partial charge is 0.338 e. The average Bonchev–Trinajstić information content (AvgIpc) is 3.00. The Bertz CT molecular complexity index is 1070. The number of aromatic hydroxyl groups is 6. The summed E-state index contributed by atoms with van der Waals surface area (Å²) in [5.74, 6) is -7.31. The summed E-state index contributed by atoms with van der Waals surface area (Å²) in [4.78, 5) is 24.2. The minimum Gasteiger partial charge on any atom is -0.504 e. The molecule has 3 rings (SSSR count). The first-order chi connectivity index (χ1) is 15.8. The normalized spacial score (nSPS) is 24.0. The van der Waals surface area contributed by atoms with Crippen LogP contribution in [0.15, 0.2) is 24.3 Å². The predicted molar refractivity (Wildman–Crippen MR) is 105 cm³/mol. The molecule has 1 saturated heterocycles. The second kappa shape index (κ2) is 9.11. The van der Waals surface area contributed by atoms with E-state index < -0.39 is 89.3 Å². The highest BCUT2D eigenvalue weighted by Gasteiger charge is 2.56. The summed E-state index contributed by atoms with van der Waals surface area (Å²) in [7, 11) is 0. The van der Waals surface area contributed by atoms with Crippen molar-refractivity contribution in [3.05, 3.63) is 35.4 Å². The molecule has 0 aromatic heterocycles. The van der Waals surface area contributed by atoms with E-state index in [0.29, 0.717) is 0 Å². The third-order valence-corrected chi connectivity index (χ3v) is 5.02. The number of phenolic OH excluding ortho intramolecular Hbond substituents is 6. The van der Waals surface area contributed by atoms with E-state index in [1.54, 1.807) is 0 Å². The number of esters is 2. The Morgan fingerprint density at radius 2 is 1.21 bits per heavy atom. The maximum absolute atomic E-state index is 12.1. The number of carbonyl (C=O) groups excluding carboxylic acids is 2. The minimum absolute atomic E-state index is 0.370. The van der Waals surface area contributed by atoms with Crippen LogP contribution in [0.4, 0.5) is 0 Å². The molecule has 0 radical (unpaired) electrons. The zero-order chi connectivity index (χ0) is 25.4. The number of benzene rings is 2. The monoisotopic (exact) mass is 484 g/mol. The van der Waals surface area contributed by atoms with Crippen LogP contribution in [-0.2, 0) is 14.2 Å². The number of hydrogen-bond donors (Lipinski definition) is 9. The molecule has 1 aliphatic rings. The zero-order valence-corrected chi connectivity index (χ0v) is 17.0. The van der Waals surface area contributed by atoms with Gasteiger partial charge in [0, 0.05) is 0 Å². The number of aliphatic hydroxyl groups excluding tert-OH is 2. The quantitative estimate of drug-likeness (QED) is 0.172. The minimum atomic E-state index is -2.57. The molecule has 184 valence electrons. The van der Waals surface area contributed by atoms with E-state index in [4.69, 9.17) is 14.2 Å². The van der Waals surface area contributed by atoms with Crippen LogP contribution < -0.4 is 0 Å². The van der Waals surface area contributed by atoms with Crippen molar-refractivity contribution in [2.75, 3.05) is 13.2 Å². The van der Waals surface area contributed by atoms with Crippen LogP contribution in [0.3, 0.4) is 0 Å². The molecule has 4 atom stereocenters. The molecule has 2 aromatic carbocycles. The fraction of sp³-hybridized carbons (Fsp3) is 0.300. The van der Waals surface area contributed by atoms with E-state index >= 15 is 0 Å². The molecule has 1 aliphatic heterocycles. The van der Waals surface area contributed by atoms with Gasteiger partial charge in [-0.15, -0.1) is 0 Å². The molecular weight excluding hydrogens is 464 g/mol. The Labute approximate surface area is 189 Å². The van der Waals surface area contributed by atoms with E-state index in [-0.39, 0.29) is 5.56 Å². The Morgan fingerprint density at radius 3 is 1.65 bits per heavy atom. The molecule has 14 nitrogen and oxygen atoms in total. The highest BCUT2D eigenvalue weighted by atomic mass is 16.7. The van der Waals surface area contributed by atoms with Crippen molar-refractivity contribution in [1.29, 1.82) is 0 Å². The number of carbonyl (C=O) groups is 2. The van der Waals surface area contributed by atoms with Crippen molar-refractivity contribution in [2.24, 2.45) is 0 Å². The van der Waals surface area contributed by atoms with Gasteiger partial charge in [-0.25, -0.2) is 9.59 Å². The number of phenols is 6. The van der Waals surface area contributed by atoms with E-state index in [2.05, 4.69) is 0 Å². The molecule has 0 aliphatic carbocycles. The first-order valence-corrected chi connectivity index (χ1v) is 9.43. The molecule has 34 heavy (non-hydrogen) atoms. The molecule has 9 N–H and O–H groups in total. The summed E-state index contributed by atoms with van der Waals surface area (Å²) in [6, 6.07) is 3.13. The van der Waals surface area contributed by atoms with E-state index in [1.165, 1.54) is 0 Å². The van der Waals surface area contributed by atoms with Gasteiger partial charge >= 0.3 is 11.9 Å². The summed E-state index contributed by atoms with van der Waals surface area (Å²) in [6.45, 7) is -1.75. The molecule has 14 heteroatoms. The average molecular weight is 484 g/mol. The van der Waals surface area contributed by atoms with Crippen LogP contribution in [0.5, 0.6) is 34.5 Å². The van der Waals surface area contributed by atoms with Crippen LogP contribution in [0.25, 0.3) is 0 Å². The largest absolute Gasteiger partial charge is 0.504 e. The van der Waals surface area contributed by atoms with Gasteiger partial charge in [0.05, 0.1) is 11.1 Å². The Kier molecular flexibility index (Phi) is 6.60. The van der Waals surface area contributed by atoms with Gasteiger partial charge in [0.15, 0.2) is 46.4 Å². The molecule has 0 spiro atoms. The van der Waals surface area contributed by atoms with Gasteiger partial charge in [-0.3, -0.25) is 0 Å². The van der Waals surface area contributed by atoms with Crippen molar-refractivity contribution < 1.29 is 69.8 Å². The molecule has 0 bridgehead atoms. The molecule has 1 fully saturated rings. The van der Waals surface area contributed by atoms with Crippen LogP contribution in [0.1, 0.15) is 20.7 Å². The van der Waals surface area contributed by atoms with Crippen LogP contribution >= 0.6 is 0 Å². The number of ether oxygens (including phenoxy) is 3. The van der Waals surface area contributed by atoms with Gasteiger partial charge in [0.1, 0.15) is 25.4 Å². The molecule has 1 heterocycles. The summed E-state index contributed by atoms with van der Waals surface area (Å²) >= 11 is 0. The summed E-state index contributed by atoms with van der Waals surface area (Å²) in [6.07, 6.45) is -5.53. The van der Waals surface area contributed by atoms with E-state index in [0.717, 1.165) is 24.3 Å². The summed E-state index contributed by atoms with van der Waals surface area (Å²) < 4.78 is 14.6. The van der Waals surface area contributed by atoms with Gasteiger partial charge < -0.3 is 60.2 Å². The van der Waals surface area contributed by atoms with Crippen molar-refractivity contribution in [1.82, 2.24) is 0 Å². The predicted octanol–water partition coefficient (Wildman–Crippen LogP) is -1.26. The van der Waals surface area contributed by atoms with Gasteiger partial charge in [-0.05, 0) is 24.3 Å². The number of rotatable bonds is 6. The maximum Gasteiger partial charge on any atom is 0.338 e. The number of aliphatic hydroxyl groups is 3. The Morgan fingerprint density at radius 1 is 0.794 bits per heavy atom. The lowest BCUT2D eigenvalue weighted by atomic mass is 9.96. The second-order valence-electron chi connectivity index (χ2n) is 7.36. The topological polar surface area (TPSA) is 244 Å². The first-order valence-electron chi connectivity index (χ1n) is 9.43. The highest BCUT2D eigenvalue weighted by Crippen LogP contribution is 2.37. The van der Waals surface area contributed by atoms with Crippen molar-refractivity contribution in [2.45, 2.75) is 24.1 Å². The fourth-order valence-electron chi connectivity index (χ4n) is 3.06. The first kappa shape index (κ1) is 24.7. The molecule has 1 unspecified atom stereocenters. The van der Waals surface area contributed by atoms with Crippen molar-refractivity contribution >= 4 is 11.9 Å². The van der Waals surface area contributed by atoms with E-state index in [9.17, 15) is 55.5 Å². The zero-order valence-electron chi connectivity index (χ0n) is 17.0. The Hall–Kier alpha value is -3.98. The fourth-order valence-corrected chi connectivity index (χ4v) is 3.06. The third-order valence-electron chi connectivity index (χ3n) is 5.02. The molecule has 0 saturated carbocycles. The van der Waals surface area contributed by atoms with Crippen LogP contribution in [-0.4, -0.2) is 95.2 Å². The summed E-state index contributed by atoms with van der Waals surface area (Å²) in [5, 5.41) is 87.4. The SMILES string of the molecule is O=C(OC[C@H]1OC(O)[C@@](O)(COC(=O)c2cc(O)c(O)c(O)c2)[C@@H]1O)c1cc(O)c(O)c(O)c1. The van der Waals surface area contributed by atoms with Gasteiger partial charge in [-0.2, -0.15) is 0 Å². The van der Waals surface area contributed by atoms with Gasteiger partial charge in [0.2, 0.25) is 0 Å². The third kappa shape index (κ3) is 4.55. The van der Waals surface area contributed by atoms with Crippen LogP contribution in [0, 0.1) is 0 Å². The van der Waals surface area contributed by atoms with Crippen LogP contribution in [0.2, 0.25) is 0 Å². The molecule has 0 amide bonds. The van der Waals surface area contributed by atoms with Gasteiger partial charge in [0.25, 0.3) is 0 Å². The lowest BCUT2D eigenvalue weighted by molar-refractivity contribution is -0.191. The van der Waals surface area contributed by atoms with E-state index in [1.807, 2.05) is 0 Å². The highest BCUT2D eigenvalue weighted by molar-refractivity contribution is 5.91. The van der Waals surface area contributed by atoms with Crippen molar-refractivity contribution in [3.63, 3.8) is 0 Å². The number of hydrogen-bond acceptors (Lipinski definition) is 14. The lowest BCUT2D eigenvalue weighted by Crippen LogP contribution is -2.52.